The first-order valence-corrected chi connectivity index (χ1v) is 10.1. The van der Waals surface area contributed by atoms with Crippen LogP contribution in [0.4, 0.5) is 8.78 Å². The average molecular weight is 438 g/mol. The lowest BCUT2D eigenvalue weighted by molar-refractivity contribution is -0.142. The average Bonchev–Trinajstić information content (AvgIpc) is 2.82. The van der Waals surface area contributed by atoms with Crippen molar-refractivity contribution in [3.8, 4) is 5.75 Å². The van der Waals surface area contributed by atoms with Crippen molar-refractivity contribution in [1.29, 1.82) is 0 Å². The number of ether oxygens (including phenoxy) is 1. The smallest absolute Gasteiger partial charge is 0.261 e. The van der Waals surface area contributed by atoms with Crippen molar-refractivity contribution in [2.24, 2.45) is 0 Å². The first-order valence-electron chi connectivity index (χ1n) is 10.1. The van der Waals surface area contributed by atoms with Crippen LogP contribution in [0.5, 0.6) is 5.75 Å². The fourth-order valence-corrected chi connectivity index (χ4v) is 3.29. The van der Waals surface area contributed by atoms with E-state index >= 15 is 0 Å². The van der Waals surface area contributed by atoms with E-state index < -0.39 is 30.2 Å². The van der Waals surface area contributed by atoms with Gasteiger partial charge in [-0.3, -0.25) is 9.59 Å². The number of benzene rings is 3. The summed E-state index contributed by atoms with van der Waals surface area (Å²) in [5, 5.41) is 2.60. The van der Waals surface area contributed by atoms with E-state index in [-0.39, 0.29) is 24.6 Å². The molecule has 0 spiro atoms. The minimum atomic E-state index is -0.843. The molecule has 7 heteroatoms. The van der Waals surface area contributed by atoms with Gasteiger partial charge < -0.3 is 15.0 Å². The van der Waals surface area contributed by atoms with Gasteiger partial charge in [-0.2, -0.15) is 0 Å². The van der Waals surface area contributed by atoms with Gasteiger partial charge in [0, 0.05) is 20.0 Å². The molecule has 0 bridgehead atoms. The Kier molecular flexibility index (Phi) is 7.91. The lowest BCUT2D eigenvalue weighted by atomic mass is 10.0. The Morgan fingerprint density at radius 3 is 2.22 bits per heavy atom. The van der Waals surface area contributed by atoms with Crippen LogP contribution in [-0.4, -0.2) is 36.4 Å². The summed E-state index contributed by atoms with van der Waals surface area (Å²) in [5.74, 6) is -1.89. The van der Waals surface area contributed by atoms with Crippen LogP contribution < -0.4 is 10.1 Å². The fourth-order valence-electron chi connectivity index (χ4n) is 3.29. The monoisotopic (exact) mass is 438 g/mol. The zero-order valence-electron chi connectivity index (χ0n) is 17.6. The lowest BCUT2D eigenvalue weighted by Crippen LogP contribution is -2.51. The molecular weight excluding hydrogens is 414 g/mol. The lowest BCUT2D eigenvalue weighted by Gasteiger charge is -2.31. The molecule has 0 aliphatic heterocycles. The molecule has 0 aliphatic carbocycles. The predicted octanol–water partition coefficient (Wildman–Crippen LogP) is 3.73. The summed E-state index contributed by atoms with van der Waals surface area (Å²) in [6.45, 7) is -0.394. The zero-order chi connectivity index (χ0) is 22.9. The first kappa shape index (κ1) is 22.9. The maximum absolute atomic E-state index is 13.9. The fraction of sp³-hybridized carbons (Fsp3) is 0.200. The maximum atomic E-state index is 13.9. The molecule has 32 heavy (non-hydrogen) atoms. The Hall–Kier alpha value is -3.74. The number of carbonyl (C=O) groups is 2. The second-order valence-electron chi connectivity index (χ2n) is 7.19. The van der Waals surface area contributed by atoms with Crippen LogP contribution in [0, 0.1) is 11.6 Å². The van der Waals surface area contributed by atoms with Crippen LogP contribution in [0.1, 0.15) is 11.1 Å². The van der Waals surface area contributed by atoms with Crippen LogP contribution in [0.2, 0.25) is 0 Å². The third kappa shape index (κ3) is 6.14. The standard InChI is InChI=1S/C25H24F2N2O3/c1-28-25(31)22(15-18-7-3-2-4-8-18)29(16-19-11-13-20(26)14-12-19)24(30)17-32-23-10-6-5-9-21(23)27/h2-14,22H,15-17H2,1H3,(H,28,31). The van der Waals surface area contributed by atoms with Crippen LogP contribution >= 0.6 is 0 Å². The summed E-state index contributed by atoms with van der Waals surface area (Å²) in [4.78, 5) is 27.3. The molecule has 0 aliphatic rings. The third-order valence-corrected chi connectivity index (χ3v) is 4.97. The molecule has 0 aromatic heterocycles. The number of carbonyl (C=O) groups excluding carboxylic acids is 2. The largest absolute Gasteiger partial charge is 0.481 e. The molecule has 3 rings (SSSR count). The van der Waals surface area contributed by atoms with Crippen molar-refractivity contribution in [3.05, 3.63) is 102 Å². The normalized spacial score (nSPS) is 11.5. The van der Waals surface area contributed by atoms with E-state index in [1.165, 1.54) is 42.3 Å². The molecule has 5 nitrogen and oxygen atoms in total. The number of hydrogen-bond acceptors (Lipinski definition) is 3. The quantitative estimate of drug-likeness (QED) is 0.554. The molecule has 0 radical (unpaired) electrons. The number of para-hydroxylation sites is 1. The number of nitrogens with zero attached hydrogens (tertiary/aromatic N) is 1. The van der Waals surface area contributed by atoms with Crippen molar-refractivity contribution in [2.75, 3.05) is 13.7 Å². The van der Waals surface area contributed by atoms with Crippen LogP contribution in [0.25, 0.3) is 0 Å². The minimum Gasteiger partial charge on any atom is -0.481 e. The Bertz CT molecular complexity index is 1040. The first-order chi connectivity index (χ1) is 15.5. The molecular formula is C25H24F2N2O3. The van der Waals surface area contributed by atoms with E-state index in [1.54, 1.807) is 18.2 Å². The van der Waals surface area contributed by atoms with Gasteiger partial charge in [-0.15, -0.1) is 0 Å². The summed E-state index contributed by atoms with van der Waals surface area (Å²) in [6, 6.07) is 19.9. The number of likely N-dealkylation sites (N-methyl/N-ethyl adjacent to an activating group) is 1. The second-order valence-corrected chi connectivity index (χ2v) is 7.19. The highest BCUT2D eigenvalue weighted by molar-refractivity contribution is 5.88. The van der Waals surface area contributed by atoms with Crippen molar-refractivity contribution >= 4 is 11.8 Å². The SMILES string of the molecule is CNC(=O)C(Cc1ccccc1)N(Cc1ccc(F)cc1)C(=O)COc1ccccc1F. The van der Waals surface area contributed by atoms with Gasteiger partial charge >= 0.3 is 0 Å². The molecule has 1 unspecified atom stereocenters. The molecule has 0 saturated carbocycles. The number of halogens is 2. The summed E-state index contributed by atoms with van der Waals surface area (Å²) in [7, 11) is 1.50. The minimum absolute atomic E-state index is 0.0536. The Balaban J connectivity index is 1.87. The summed E-state index contributed by atoms with van der Waals surface area (Å²) < 4.78 is 32.7. The Morgan fingerprint density at radius 1 is 0.906 bits per heavy atom. The van der Waals surface area contributed by atoms with Crippen LogP contribution in [0.15, 0.2) is 78.9 Å². The van der Waals surface area contributed by atoms with Gasteiger partial charge in [-0.25, -0.2) is 8.78 Å². The highest BCUT2D eigenvalue weighted by Gasteiger charge is 2.30. The molecule has 3 aromatic rings. The summed E-state index contributed by atoms with van der Waals surface area (Å²) >= 11 is 0. The molecule has 1 atom stereocenters. The molecule has 2 amide bonds. The highest BCUT2D eigenvalue weighted by atomic mass is 19.1. The Labute approximate surface area is 185 Å². The number of nitrogens with one attached hydrogen (secondary N) is 1. The summed E-state index contributed by atoms with van der Waals surface area (Å²) in [6.07, 6.45) is 0.271. The van der Waals surface area contributed by atoms with Gasteiger partial charge in [0.25, 0.3) is 5.91 Å². The van der Waals surface area contributed by atoms with E-state index in [0.717, 1.165) is 5.56 Å². The van der Waals surface area contributed by atoms with E-state index in [4.69, 9.17) is 4.74 Å². The number of rotatable bonds is 9. The predicted molar refractivity (Wildman–Crippen MR) is 117 cm³/mol. The topological polar surface area (TPSA) is 58.6 Å². The van der Waals surface area contributed by atoms with Gasteiger partial charge in [0.1, 0.15) is 11.9 Å². The van der Waals surface area contributed by atoms with Crippen molar-refractivity contribution < 1.29 is 23.1 Å². The molecule has 1 N–H and O–H groups in total. The van der Waals surface area contributed by atoms with E-state index in [9.17, 15) is 18.4 Å². The van der Waals surface area contributed by atoms with Crippen molar-refractivity contribution in [1.82, 2.24) is 10.2 Å². The van der Waals surface area contributed by atoms with E-state index in [2.05, 4.69) is 5.32 Å². The highest BCUT2D eigenvalue weighted by Crippen LogP contribution is 2.18. The maximum Gasteiger partial charge on any atom is 0.261 e. The van der Waals surface area contributed by atoms with Crippen molar-refractivity contribution in [3.63, 3.8) is 0 Å². The summed E-state index contributed by atoms with van der Waals surface area (Å²) in [5.41, 5.74) is 1.51. The number of hydrogen-bond donors (Lipinski definition) is 1. The van der Waals surface area contributed by atoms with Gasteiger partial charge in [0.15, 0.2) is 18.2 Å². The second kappa shape index (κ2) is 11.0. The van der Waals surface area contributed by atoms with Gasteiger partial charge in [0.05, 0.1) is 0 Å². The van der Waals surface area contributed by atoms with Crippen LogP contribution in [0.3, 0.4) is 0 Å². The molecule has 0 heterocycles. The zero-order valence-corrected chi connectivity index (χ0v) is 17.6. The van der Waals surface area contributed by atoms with Crippen molar-refractivity contribution in [2.45, 2.75) is 19.0 Å². The van der Waals surface area contributed by atoms with Crippen LogP contribution in [-0.2, 0) is 22.6 Å². The molecule has 3 aromatic carbocycles. The van der Waals surface area contributed by atoms with E-state index in [0.29, 0.717) is 5.56 Å². The van der Waals surface area contributed by atoms with E-state index in [1.807, 2.05) is 30.3 Å². The molecule has 0 saturated heterocycles. The third-order valence-electron chi connectivity index (χ3n) is 4.97. The Morgan fingerprint density at radius 2 is 1.56 bits per heavy atom. The van der Waals surface area contributed by atoms with Gasteiger partial charge in [0.2, 0.25) is 5.91 Å². The molecule has 166 valence electrons. The van der Waals surface area contributed by atoms with Gasteiger partial charge in [-0.1, -0.05) is 54.6 Å². The molecule has 0 fully saturated rings. The number of amides is 2. The van der Waals surface area contributed by atoms with Gasteiger partial charge in [-0.05, 0) is 35.4 Å².